The van der Waals surface area contributed by atoms with Gasteiger partial charge in [-0.2, -0.15) is 0 Å². The molecule has 1 heterocycles. The molecular weight excluding hydrogens is 472 g/mol. The first-order chi connectivity index (χ1) is 15.6. The van der Waals surface area contributed by atoms with Crippen molar-refractivity contribution in [2.24, 2.45) is 0 Å². The Morgan fingerprint density at radius 3 is 2.36 bits per heavy atom. The maximum absolute atomic E-state index is 12.6. The minimum atomic E-state index is -3.45. The molecule has 3 aromatic rings. The first-order valence-electron chi connectivity index (χ1n) is 9.30. The van der Waals surface area contributed by atoms with E-state index in [4.69, 9.17) is 14.2 Å². The quantitative estimate of drug-likeness (QED) is 0.300. The molecule has 2 aromatic carbocycles. The summed E-state index contributed by atoms with van der Waals surface area (Å²) in [7, 11) is -3.45. The number of aromatic nitrogens is 1. The monoisotopic (exact) mass is 490 g/mol. The van der Waals surface area contributed by atoms with E-state index in [1.165, 1.54) is 19.1 Å². The Hall–Kier alpha value is -3.77. The van der Waals surface area contributed by atoms with Crippen molar-refractivity contribution in [3.8, 4) is 11.5 Å². The lowest BCUT2D eigenvalue weighted by Crippen LogP contribution is -2.16. The van der Waals surface area contributed by atoms with Gasteiger partial charge in [0.1, 0.15) is 22.3 Å². The number of rotatable bonds is 7. The fourth-order valence-electron chi connectivity index (χ4n) is 2.48. The molecule has 172 valence electrons. The standard InChI is InChI=1S/C21H18N2O8S2/c1-13(24)30-15-9-7-14(8-10-15)12-29-21(26)31-17-6-4-3-5-16(17)19(25)23-20-22-11-18(32-20)33(2,27)28/h3-11H,12H2,1-2H3,(H,22,23,25). The van der Waals surface area contributed by atoms with Crippen molar-refractivity contribution in [3.63, 3.8) is 0 Å². The van der Waals surface area contributed by atoms with Gasteiger partial charge in [0.15, 0.2) is 15.0 Å². The van der Waals surface area contributed by atoms with Crippen LogP contribution in [0.3, 0.4) is 0 Å². The van der Waals surface area contributed by atoms with E-state index in [-0.39, 0.29) is 27.3 Å². The van der Waals surface area contributed by atoms with Crippen molar-refractivity contribution in [2.75, 3.05) is 11.6 Å². The first-order valence-corrected chi connectivity index (χ1v) is 12.0. The van der Waals surface area contributed by atoms with E-state index >= 15 is 0 Å². The fourth-order valence-corrected chi connectivity index (χ4v) is 4.11. The Morgan fingerprint density at radius 2 is 1.73 bits per heavy atom. The molecule has 0 radical (unpaired) electrons. The van der Waals surface area contributed by atoms with E-state index in [9.17, 15) is 22.8 Å². The number of amides is 1. The number of para-hydroxylation sites is 1. The molecule has 3 rings (SSSR count). The van der Waals surface area contributed by atoms with Crippen molar-refractivity contribution < 1.29 is 37.0 Å². The molecule has 0 fully saturated rings. The molecule has 0 bridgehead atoms. The van der Waals surface area contributed by atoms with Crippen LogP contribution in [0.5, 0.6) is 11.5 Å². The van der Waals surface area contributed by atoms with Crippen molar-refractivity contribution >= 4 is 44.3 Å². The molecule has 0 aliphatic heterocycles. The third-order valence-corrected chi connectivity index (χ3v) is 6.64. The Morgan fingerprint density at radius 1 is 1.03 bits per heavy atom. The van der Waals surface area contributed by atoms with Crippen molar-refractivity contribution in [2.45, 2.75) is 17.7 Å². The second-order valence-corrected chi connectivity index (χ2v) is 9.86. The average Bonchev–Trinajstić information content (AvgIpc) is 3.22. The highest BCUT2D eigenvalue weighted by Gasteiger charge is 2.19. The molecule has 0 saturated carbocycles. The maximum atomic E-state index is 12.6. The number of thiazole rings is 1. The molecule has 1 N–H and O–H groups in total. The van der Waals surface area contributed by atoms with Gasteiger partial charge in [0.25, 0.3) is 5.91 Å². The van der Waals surface area contributed by atoms with Gasteiger partial charge in [0.05, 0.1) is 11.8 Å². The van der Waals surface area contributed by atoms with Crippen LogP contribution in [-0.2, 0) is 26.0 Å². The molecule has 0 aliphatic carbocycles. The molecule has 33 heavy (non-hydrogen) atoms. The zero-order chi connectivity index (χ0) is 24.0. The summed E-state index contributed by atoms with van der Waals surface area (Å²) in [6, 6.07) is 12.3. The summed E-state index contributed by atoms with van der Waals surface area (Å²) in [6.07, 6.45) is 1.15. The zero-order valence-electron chi connectivity index (χ0n) is 17.4. The molecule has 1 aromatic heterocycles. The van der Waals surface area contributed by atoms with Crippen molar-refractivity contribution in [3.05, 3.63) is 65.9 Å². The molecule has 0 atom stereocenters. The summed E-state index contributed by atoms with van der Waals surface area (Å²) in [5.74, 6) is -0.785. The molecule has 0 saturated heterocycles. The summed E-state index contributed by atoms with van der Waals surface area (Å²) in [5, 5.41) is 2.56. The van der Waals surface area contributed by atoms with E-state index < -0.39 is 27.9 Å². The summed E-state index contributed by atoms with van der Waals surface area (Å²) < 4.78 is 38.3. The van der Waals surface area contributed by atoms with Crippen LogP contribution in [0, 0.1) is 0 Å². The number of benzene rings is 2. The van der Waals surface area contributed by atoms with Gasteiger partial charge in [-0.15, -0.1) is 0 Å². The van der Waals surface area contributed by atoms with Gasteiger partial charge in [-0.3, -0.25) is 14.9 Å². The van der Waals surface area contributed by atoms with Gasteiger partial charge in [0.2, 0.25) is 0 Å². The normalized spacial score (nSPS) is 10.8. The second kappa shape index (κ2) is 10.2. The number of ether oxygens (including phenoxy) is 3. The SMILES string of the molecule is CC(=O)Oc1ccc(COC(=O)Oc2ccccc2C(=O)Nc2ncc(S(C)(=O)=O)s2)cc1. The Labute approximate surface area is 193 Å². The number of sulfone groups is 1. The Balaban J connectivity index is 1.61. The largest absolute Gasteiger partial charge is 0.514 e. The third-order valence-electron chi connectivity index (χ3n) is 3.94. The van der Waals surface area contributed by atoms with Crippen LogP contribution >= 0.6 is 11.3 Å². The summed E-state index contributed by atoms with van der Waals surface area (Å²) in [5.41, 5.74) is 0.649. The molecule has 12 heteroatoms. The number of hydrogen-bond acceptors (Lipinski definition) is 10. The first kappa shape index (κ1) is 23.9. The van der Waals surface area contributed by atoms with Gasteiger partial charge in [-0.25, -0.2) is 18.2 Å². The number of nitrogens with one attached hydrogen (secondary N) is 1. The smallest absolute Gasteiger partial charge is 0.429 e. The van der Waals surface area contributed by atoms with Gasteiger partial charge >= 0.3 is 12.1 Å². The number of anilines is 1. The van der Waals surface area contributed by atoms with Crippen LogP contribution in [0.2, 0.25) is 0 Å². The van der Waals surface area contributed by atoms with Crippen LogP contribution < -0.4 is 14.8 Å². The van der Waals surface area contributed by atoms with E-state index in [0.29, 0.717) is 11.3 Å². The highest BCUT2D eigenvalue weighted by Crippen LogP contribution is 2.25. The van der Waals surface area contributed by atoms with Gasteiger partial charge in [0, 0.05) is 13.2 Å². The van der Waals surface area contributed by atoms with E-state index in [2.05, 4.69) is 10.3 Å². The maximum Gasteiger partial charge on any atom is 0.514 e. The van der Waals surface area contributed by atoms with E-state index in [1.807, 2.05) is 0 Å². The van der Waals surface area contributed by atoms with Gasteiger partial charge in [-0.1, -0.05) is 35.6 Å². The van der Waals surface area contributed by atoms with Gasteiger partial charge < -0.3 is 14.2 Å². The molecule has 0 spiro atoms. The minimum absolute atomic E-state index is 0.00630. The van der Waals surface area contributed by atoms with Gasteiger partial charge in [-0.05, 0) is 29.8 Å². The predicted octanol–water partition coefficient (Wildman–Crippen LogP) is 3.44. The highest BCUT2D eigenvalue weighted by molar-refractivity contribution is 7.92. The van der Waals surface area contributed by atoms with Crippen LogP contribution in [0.15, 0.2) is 58.9 Å². The van der Waals surface area contributed by atoms with Crippen LogP contribution in [0.4, 0.5) is 9.93 Å². The lowest BCUT2D eigenvalue weighted by Gasteiger charge is -2.10. The lowest BCUT2D eigenvalue weighted by molar-refractivity contribution is -0.131. The molecule has 1 amide bonds. The minimum Gasteiger partial charge on any atom is -0.429 e. The van der Waals surface area contributed by atoms with Crippen LogP contribution in [0.1, 0.15) is 22.8 Å². The zero-order valence-corrected chi connectivity index (χ0v) is 19.1. The van der Waals surface area contributed by atoms with E-state index in [0.717, 1.165) is 23.8 Å². The Bertz CT molecular complexity index is 1280. The highest BCUT2D eigenvalue weighted by atomic mass is 32.2. The van der Waals surface area contributed by atoms with E-state index in [1.54, 1.807) is 36.4 Å². The number of hydrogen-bond donors (Lipinski definition) is 1. The lowest BCUT2D eigenvalue weighted by atomic mass is 10.2. The number of carbonyl (C=O) groups excluding carboxylic acids is 3. The average molecular weight is 491 g/mol. The molecule has 0 unspecified atom stereocenters. The molecular formula is C21H18N2O8S2. The number of carbonyl (C=O) groups is 3. The van der Waals surface area contributed by atoms with Crippen LogP contribution in [-0.4, -0.2) is 37.7 Å². The van der Waals surface area contributed by atoms with Crippen molar-refractivity contribution in [1.29, 1.82) is 0 Å². The number of esters is 1. The number of nitrogens with zero attached hydrogens (tertiary/aromatic N) is 1. The topological polar surface area (TPSA) is 138 Å². The van der Waals surface area contributed by atoms with Crippen LogP contribution in [0.25, 0.3) is 0 Å². The second-order valence-electron chi connectivity index (χ2n) is 6.59. The molecule has 10 nitrogen and oxygen atoms in total. The molecule has 0 aliphatic rings. The summed E-state index contributed by atoms with van der Waals surface area (Å²) in [6.45, 7) is 1.18. The third kappa shape index (κ3) is 6.85. The Kier molecular flexibility index (Phi) is 7.41. The predicted molar refractivity (Wildman–Crippen MR) is 118 cm³/mol. The van der Waals surface area contributed by atoms with Crippen molar-refractivity contribution in [1.82, 2.24) is 4.98 Å². The fraction of sp³-hybridized carbons (Fsp3) is 0.143. The summed E-state index contributed by atoms with van der Waals surface area (Å²) >= 11 is 0.801. The summed E-state index contributed by atoms with van der Waals surface area (Å²) in [4.78, 5) is 39.5.